The molecule has 0 unspecified atom stereocenters. The first-order valence-electron chi connectivity index (χ1n) is 10.1. The van der Waals surface area contributed by atoms with Gasteiger partial charge in [-0.25, -0.2) is 4.79 Å². The fraction of sp³-hybridized carbons (Fsp3) is 0.333. The van der Waals surface area contributed by atoms with E-state index in [9.17, 15) is 14.7 Å². The summed E-state index contributed by atoms with van der Waals surface area (Å²) in [6.45, 7) is 14.7. The molecular formula is C24H30N4O3. The molecule has 0 aliphatic rings. The number of nitrogens with one attached hydrogen (secondary N) is 1. The summed E-state index contributed by atoms with van der Waals surface area (Å²) in [6, 6.07) is 4.96. The van der Waals surface area contributed by atoms with Crippen LogP contribution >= 0.6 is 0 Å². The molecule has 7 heteroatoms. The quantitative estimate of drug-likeness (QED) is 0.563. The molecule has 2 aromatic rings. The van der Waals surface area contributed by atoms with Crippen LogP contribution in [0.25, 0.3) is 11.1 Å². The summed E-state index contributed by atoms with van der Waals surface area (Å²) in [4.78, 5) is 34.4. The zero-order valence-electron chi connectivity index (χ0n) is 18.5. The molecule has 0 aromatic carbocycles. The van der Waals surface area contributed by atoms with E-state index >= 15 is 0 Å². The van der Waals surface area contributed by atoms with E-state index in [1.807, 2.05) is 32.9 Å². The molecule has 0 aliphatic heterocycles. The molecule has 7 nitrogen and oxygen atoms in total. The minimum Gasteiger partial charge on any atom is -0.465 e. The summed E-state index contributed by atoms with van der Waals surface area (Å²) in [5.74, 6) is -0.540. The van der Waals surface area contributed by atoms with E-state index in [2.05, 4.69) is 28.4 Å². The number of rotatable bonds is 8. The second-order valence-electron chi connectivity index (χ2n) is 8.27. The van der Waals surface area contributed by atoms with E-state index in [1.165, 1.54) is 4.90 Å². The monoisotopic (exact) mass is 422 g/mol. The molecule has 2 heterocycles. The first kappa shape index (κ1) is 23.8. The summed E-state index contributed by atoms with van der Waals surface area (Å²) in [6.07, 6.45) is 7.52. The highest BCUT2D eigenvalue weighted by molar-refractivity contribution is 5.97. The first-order valence-corrected chi connectivity index (χ1v) is 10.1. The van der Waals surface area contributed by atoms with Crippen molar-refractivity contribution in [2.75, 3.05) is 5.32 Å². The van der Waals surface area contributed by atoms with Gasteiger partial charge in [-0.1, -0.05) is 19.1 Å². The zero-order valence-corrected chi connectivity index (χ0v) is 18.5. The van der Waals surface area contributed by atoms with Crippen molar-refractivity contribution in [3.05, 3.63) is 67.8 Å². The maximum Gasteiger partial charge on any atom is 0.408 e. The van der Waals surface area contributed by atoms with E-state index in [4.69, 9.17) is 0 Å². The number of carbonyl (C=O) groups is 2. The highest BCUT2D eigenvalue weighted by Crippen LogP contribution is 2.34. The number of anilines is 1. The molecular weight excluding hydrogens is 392 g/mol. The molecule has 0 fully saturated rings. The Labute approximate surface area is 183 Å². The SMILES string of the molecule is C=CC[C@@H](c1cc(-c2ccncc2NC(=O)[C@H](C)C=C)ccn1)N(C(=O)O)C(C)(C)C. The third-order valence-corrected chi connectivity index (χ3v) is 4.91. The lowest BCUT2D eigenvalue weighted by atomic mass is 9.97. The Morgan fingerprint density at radius 2 is 1.97 bits per heavy atom. The molecule has 0 spiro atoms. The van der Waals surface area contributed by atoms with Gasteiger partial charge in [0.05, 0.1) is 29.5 Å². The fourth-order valence-corrected chi connectivity index (χ4v) is 3.30. The number of pyridine rings is 2. The number of carbonyl (C=O) groups excluding carboxylic acids is 1. The van der Waals surface area contributed by atoms with E-state index in [-0.39, 0.29) is 11.8 Å². The molecule has 0 saturated heterocycles. The lowest BCUT2D eigenvalue weighted by Crippen LogP contribution is -2.47. The second-order valence-corrected chi connectivity index (χ2v) is 8.27. The van der Waals surface area contributed by atoms with Crippen molar-refractivity contribution in [3.8, 4) is 11.1 Å². The number of hydrogen-bond acceptors (Lipinski definition) is 4. The molecule has 2 rings (SSSR count). The average molecular weight is 423 g/mol. The normalized spacial score (nSPS) is 13.0. The summed E-state index contributed by atoms with van der Waals surface area (Å²) in [5, 5.41) is 12.8. The van der Waals surface area contributed by atoms with Gasteiger partial charge in [-0.05, 0) is 51.0 Å². The largest absolute Gasteiger partial charge is 0.465 e. The van der Waals surface area contributed by atoms with Gasteiger partial charge >= 0.3 is 6.09 Å². The Morgan fingerprint density at radius 3 is 2.55 bits per heavy atom. The lowest BCUT2D eigenvalue weighted by Gasteiger charge is -2.39. The predicted molar refractivity (Wildman–Crippen MR) is 123 cm³/mol. The average Bonchev–Trinajstić information content (AvgIpc) is 2.72. The number of hydrogen-bond donors (Lipinski definition) is 2. The summed E-state index contributed by atoms with van der Waals surface area (Å²) < 4.78 is 0. The van der Waals surface area contributed by atoms with Crippen molar-refractivity contribution in [2.24, 2.45) is 5.92 Å². The van der Waals surface area contributed by atoms with Crippen molar-refractivity contribution in [3.63, 3.8) is 0 Å². The van der Waals surface area contributed by atoms with Crippen LogP contribution in [-0.2, 0) is 4.79 Å². The topological polar surface area (TPSA) is 95.4 Å². The van der Waals surface area contributed by atoms with Gasteiger partial charge in [-0.15, -0.1) is 13.2 Å². The third kappa shape index (κ3) is 5.78. The molecule has 0 bridgehead atoms. The molecule has 2 atom stereocenters. The Kier molecular flexibility index (Phi) is 7.69. The van der Waals surface area contributed by atoms with Gasteiger partial charge in [-0.2, -0.15) is 0 Å². The van der Waals surface area contributed by atoms with Gasteiger partial charge < -0.3 is 10.4 Å². The van der Waals surface area contributed by atoms with E-state index < -0.39 is 17.7 Å². The molecule has 2 amide bonds. The molecule has 31 heavy (non-hydrogen) atoms. The van der Waals surface area contributed by atoms with Gasteiger partial charge in [-0.3, -0.25) is 19.7 Å². The van der Waals surface area contributed by atoms with Gasteiger partial charge in [0.1, 0.15) is 0 Å². The van der Waals surface area contributed by atoms with Crippen LogP contribution in [0.3, 0.4) is 0 Å². The maximum absolute atomic E-state index is 12.4. The van der Waals surface area contributed by atoms with Crippen molar-refractivity contribution >= 4 is 17.7 Å². The van der Waals surface area contributed by atoms with Crippen LogP contribution in [0.5, 0.6) is 0 Å². The highest BCUT2D eigenvalue weighted by atomic mass is 16.4. The molecule has 0 aliphatic carbocycles. The van der Waals surface area contributed by atoms with Gasteiger partial charge in [0.2, 0.25) is 5.91 Å². The van der Waals surface area contributed by atoms with E-state index in [1.54, 1.807) is 43.7 Å². The van der Waals surface area contributed by atoms with Crippen LogP contribution in [0.15, 0.2) is 62.1 Å². The minimum absolute atomic E-state index is 0.187. The van der Waals surface area contributed by atoms with Gasteiger partial charge in [0, 0.05) is 23.5 Å². The first-order chi connectivity index (χ1) is 14.6. The number of amides is 2. The Hall–Kier alpha value is -3.48. The predicted octanol–water partition coefficient (Wildman–Crippen LogP) is 5.30. The number of aromatic nitrogens is 2. The summed E-state index contributed by atoms with van der Waals surface area (Å²) >= 11 is 0. The third-order valence-electron chi connectivity index (χ3n) is 4.91. The van der Waals surface area contributed by atoms with Crippen LogP contribution in [0, 0.1) is 5.92 Å². The van der Waals surface area contributed by atoms with E-state index in [0.717, 1.165) is 11.1 Å². The van der Waals surface area contributed by atoms with Crippen molar-refractivity contribution in [1.82, 2.24) is 14.9 Å². The fourth-order valence-electron chi connectivity index (χ4n) is 3.30. The van der Waals surface area contributed by atoms with Crippen LogP contribution in [0.4, 0.5) is 10.5 Å². The molecule has 2 aromatic heterocycles. The van der Waals surface area contributed by atoms with Crippen LogP contribution in [0.2, 0.25) is 0 Å². The smallest absolute Gasteiger partial charge is 0.408 e. The molecule has 0 radical (unpaired) electrons. The standard InChI is InChI=1S/C24H30N4O3/c1-7-9-21(28(23(30)31)24(4,5)6)19-14-17(10-13-26-19)18-11-12-25-15-20(18)27-22(29)16(3)8-2/h7-8,10-16,21H,1-2,9H2,3-6H3,(H,27,29)(H,30,31)/t16-,21+/m1/s1. The van der Waals surface area contributed by atoms with Crippen LogP contribution < -0.4 is 5.32 Å². The number of nitrogens with zero attached hydrogens (tertiary/aromatic N) is 3. The van der Waals surface area contributed by atoms with Crippen LogP contribution in [0.1, 0.15) is 45.9 Å². The lowest BCUT2D eigenvalue weighted by molar-refractivity contribution is -0.118. The van der Waals surface area contributed by atoms with Crippen molar-refractivity contribution < 1.29 is 14.7 Å². The Morgan fingerprint density at radius 1 is 1.26 bits per heavy atom. The minimum atomic E-state index is -1.03. The summed E-state index contributed by atoms with van der Waals surface area (Å²) in [5.41, 5.74) is 2.08. The van der Waals surface area contributed by atoms with Gasteiger partial charge in [0.15, 0.2) is 0 Å². The second kappa shape index (κ2) is 10.0. The highest BCUT2D eigenvalue weighted by Gasteiger charge is 2.34. The van der Waals surface area contributed by atoms with Crippen LogP contribution in [-0.4, -0.2) is 37.5 Å². The molecule has 2 N–H and O–H groups in total. The number of carboxylic acid groups (broad SMARTS) is 1. The Bertz CT molecular complexity index is 965. The summed E-state index contributed by atoms with van der Waals surface area (Å²) in [7, 11) is 0. The van der Waals surface area contributed by atoms with Gasteiger partial charge in [0.25, 0.3) is 0 Å². The molecule has 164 valence electrons. The maximum atomic E-state index is 12.4. The zero-order chi connectivity index (χ0) is 23.2. The Balaban J connectivity index is 2.52. The molecule has 0 saturated carbocycles. The van der Waals surface area contributed by atoms with Crippen molar-refractivity contribution in [1.29, 1.82) is 0 Å². The van der Waals surface area contributed by atoms with E-state index in [0.29, 0.717) is 17.8 Å². The van der Waals surface area contributed by atoms with Crippen molar-refractivity contribution in [2.45, 2.75) is 45.7 Å².